The summed E-state index contributed by atoms with van der Waals surface area (Å²) in [6.45, 7) is 2.09. The molecule has 1 aliphatic rings. The standard InChI is InChI=1S/C17H16ClNO3/c1-11(12-6-3-4-8-14(12)18)19(2)17(20)13-7-5-9-15-16(13)22-10-21-15/h3-9,11H,10H2,1-2H3. The van der Waals surface area contributed by atoms with Crippen molar-refractivity contribution < 1.29 is 14.3 Å². The van der Waals surface area contributed by atoms with Crippen LogP contribution in [0.15, 0.2) is 42.5 Å². The van der Waals surface area contributed by atoms with E-state index in [0.29, 0.717) is 22.1 Å². The van der Waals surface area contributed by atoms with Crippen molar-refractivity contribution in [1.82, 2.24) is 4.90 Å². The van der Waals surface area contributed by atoms with Crippen LogP contribution in [0.2, 0.25) is 5.02 Å². The summed E-state index contributed by atoms with van der Waals surface area (Å²) in [6, 6.07) is 12.7. The van der Waals surface area contributed by atoms with E-state index in [0.717, 1.165) is 5.56 Å². The molecule has 5 heteroatoms. The number of fused-ring (bicyclic) bond motifs is 1. The first-order chi connectivity index (χ1) is 10.6. The molecule has 1 atom stereocenters. The van der Waals surface area contributed by atoms with Gasteiger partial charge in [-0.15, -0.1) is 0 Å². The molecule has 0 N–H and O–H groups in total. The van der Waals surface area contributed by atoms with E-state index in [1.165, 1.54) is 0 Å². The summed E-state index contributed by atoms with van der Waals surface area (Å²) < 4.78 is 10.7. The molecule has 0 bridgehead atoms. The molecule has 1 amide bonds. The number of para-hydroxylation sites is 1. The third-order valence-corrected chi connectivity index (χ3v) is 4.23. The van der Waals surface area contributed by atoms with Gasteiger partial charge >= 0.3 is 0 Å². The number of amides is 1. The third kappa shape index (κ3) is 2.50. The van der Waals surface area contributed by atoms with Crippen molar-refractivity contribution in [3.05, 3.63) is 58.6 Å². The van der Waals surface area contributed by atoms with Gasteiger partial charge in [-0.25, -0.2) is 0 Å². The zero-order valence-electron chi connectivity index (χ0n) is 12.4. The summed E-state index contributed by atoms with van der Waals surface area (Å²) >= 11 is 6.23. The van der Waals surface area contributed by atoms with E-state index in [1.807, 2.05) is 31.2 Å². The average Bonchev–Trinajstić information content (AvgIpc) is 3.02. The maximum absolute atomic E-state index is 12.8. The summed E-state index contributed by atoms with van der Waals surface area (Å²) in [6.07, 6.45) is 0. The second kappa shape index (κ2) is 5.89. The minimum absolute atomic E-state index is 0.130. The highest BCUT2D eigenvalue weighted by Gasteiger charge is 2.26. The summed E-state index contributed by atoms with van der Waals surface area (Å²) in [4.78, 5) is 14.4. The Balaban J connectivity index is 1.90. The van der Waals surface area contributed by atoms with E-state index in [1.54, 1.807) is 30.1 Å². The first-order valence-corrected chi connectivity index (χ1v) is 7.37. The van der Waals surface area contributed by atoms with E-state index in [2.05, 4.69) is 0 Å². The van der Waals surface area contributed by atoms with Crippen molar-refractivity contribution in [2.75, 3.05) is 13.8 Å². The second-order valence-corrected chi connectivity index (χ2v) is 5.56. The van der Waals surface area contributed by atoms with Crippen molar-refractivity contribution in [1.29, 1.82) is 0 Å². The quantitative estimate of drug-likeness (QED) is 0.861. The molecule has 2 aromatic rings. The van der Waals surface area contributed by atoms with Gasteiger partial charge < -0.3 is 14.4 Å². The first kappa shape index (κ1) is 14.7. The molecular weight excluding hydrogens is 302 g/mol. The zero-order chi connectivity index (χ0) is 15.7. The lowest BCUT2D eigenvalue weighted by Gasteiger charge is -2.26. The molecule has 22 heavy (non-hydrogen) atoms. The highest BCUT2D eigenvalue weighted by molar-refractivity contribution is 6.31. The van der Waals surface area contributed by atoms with Gasteiger partial charge in [0.15, 0.2) is 11.5 Å². The highest BCUT2D eigenvalue weighted by atomic mass is 35.5. The number of halogens is 1. The Morgan fingerprint density at radius 2 is 1.95 bits per heavy atom. The van der Waals surface area contributed by atoms with Crippen LogP contribution in [0.3, 0.4) is 0 Å². The van der Waals surface area contributed by atoms with Gasteiger partial charge in [0.05, 0.1) is 11.6 Å². The van der Waals surface area contributed by atoms with Gasteiger partial charge in [-0.05, 0) is 30.7 Å². The first-order valence-electron chi connectivity index (χ1n) is 7.00. The molecule has 1 aliphatic heterocycles. The molecule has 0 saturated heterocycles. The van der Waals surface area contributed by atoms with Crippen LogP contribution < -0.4 is 9.47 Å². The Kier molecular flexibility index (Phi) is 3.94. The van der Waals surface area contributed by atoms with Gasteiger partial charge in [0.25, 0.3) is 5.91 Å². The Hall–Kier alpha value is -2.20. The number of carbonyl (C=O) groups excluding carboxylic acids is 1. The maximum Gasteiger partial charge on any atom is 0.258 e. The van der Waals surface area contributed by atoms with E-state index < -0.39 is 0 Å². The van der Waals surface area contributed by atoms with Crippen LogP contribution in [0.25, 0.3) is 0 Å². The fourth-order valence-electron chi connectivity index (χ4n) is 2.49. The van der Waals surface area contributed by atoms with E-state index in [-0.39, 0.29) is 18.7 Å². The number of rotatable bonds is 3. The molecule has 0 aliphatic carbocycles. The van der Waals surface area contributed by atoms with Crippen molar-refractivity contribution in [2.24, 2.45) is 0 Å². The number of ether oxygens (including phenoxy) is 2. The highest BCUT2D eigenvalue weighted by Crippen LogP contribution is 2.37. The molecule has 0 fully saturated rings. The topological polar surface area (TPSA) is 38.8 Å². The number of benzene rings is 2. The minimum Gasteiger partial charge on any atom is -0.454 e. The predicted octanol–water partition coefficient (Wildman–Crippen LogP) is 3.90. The summed E-state index contributed by atoms with van der Waals surface area (Å²) in [7, 11) is 1.76. The lowest BCUT2D eigenvalue weighted by molar-refractivity contribution is 0.0738. The lowest BCUT2D eigenvalue weighted by atomic mass is 10.1. The Labute approximate surface area is 134 Å². The molecule has 2 aromatic carbocycles. The number of nitrogens with zero attached hydrogens (tertiary/aromatic N) is 1. The molecule has 4 nitrogen and oxygen atoms in total. The summed E-state index contributed by atoms with van der Waals surface area (Å²) in [5, 5.41) is 0.646. The molecule has 3 rings (SSSR count). The minimum atomic E-state index is -0.153. The summed E-state index contributed by atoms with van der Waals surface area (Å²) in [5.74, 6) is 0.977. The maximum atomic E-state index is 12.8. The van der Waals surface area contributed by atoms with E-state index in [4.69, 9.17) is 21.1 Å². The molecule has 114 valence electrons. The largest absolute Gasteiger partial charge is 0.454 e. The molecule has 0 aromatic heterocycles. The Morgan fingerprint density at radius 1 is 1.18 bits per heavy atom. The molecule has 0 spiro atoms. The van der Waals surface area contributed by atoms with Crippen LogP contribution in [0.1, 0.15) is 28.9 Å². The van der Waals surface area contributed by atoms with Crippen molar-refractivity contribution in [3.63, 3.8) is 0 Å². The molecule has 1 heterocycles. The molecular formula is C17H16ClNO3. The van der Waals surface area contributed by atoms with Gasteiger partial charge in [-0.3, -0.25) is 4.79 Å². The Bertz CT molecular complexity index is 717. The fraction of sp³-hybridized carbons (Fsp3) is 0.235. The van der Waals surface area contributed by atoms with Gasteiger partial charge in [0.2, 0.25) is 6.79 Å². The van der Waals surface area contributed by atoms with Gasteiger partial charge in [0, 0.05) is 12.1 Å². The smallest absolute Gasteiger partial charge is 0.258 e. The summed E-state index contributed by atoms with van der Waals surface area (Å²) in [5.41, 5.74) is 1.40. The molecule has 1 unspecified atom stereocenters. The van der Waals surface area contributed by atoms with E-state index in [9.17, 15) is 4.79 Å². The van der Waals surface area contributed by atoms with Gasteiger partial charge in [-0.1, -0.05) is 35.9 Å². The van der Waals surface area contributed by atoms with E-state index >= 15 is 0 Å². The van der Waals surface area contributed by atoms with Crippen molar-refractivity contribution >= 4 is 17.5 Å². The van der Waals surface area contributed by atoms with Crippen LogP contribution in [0.4, 0.5) is 0 Å². The SMILES string of the molecule is CC(c1ccccc1Cl)N(C)C(=O)c1cccc2c1OCO2. The van der Waals surface area contributed by atoms with Crippen LogP contribution >= 0.6 is 11.6 Å². The second-order valence-electron chi connectivity index (χ2n) is 5.15. The third-order valence-electron chi connectivity index (χ3n) is 3.88. The van der Waals surface area contributed by atoms with Crippen molar-refractivity contribution in [3.8, 4) is 11.5 Å². The number of hydrogen-bond donors (Lipinski definition) is 0. The normalized spacial score (nSPS) is 13.8. The van der Waals surface area contributed by atoms with Crippen LogP contribution in [-0.4, -0.2) is 24.6 Å². The van der Waals surface area contributed by atoms with Gasteiger partial charge in [0.1, 0.15) is 0 Å². The van der Waals surface area contributed by atoms with Crippen LogP contribution in [0.5, 0.6) is 11.5 Å². The van der Waals surface area contributed by atoms with Crippen LogP contribution in [-0.2, 0) is 0 Å². The molecule has 0 radical (unpaired) electrons. The average molecular weight is 318 g/mol. The predicted molar refractivity (Wildman–Crippen MR) is 84.5 cm³/mol. The molecule has 0 saturated carbocycles. The monoisotopic (exact) mass is 317 g/mol. The lowest BCUT2D eigenvalue weighted by Crippen LogP contribution is -2.30. The number of carbonyl (C=O) groups is 1. The van der Waals surface area contributed by atoms with Gasteiger partial charge in [-0.2, -0.15) is 0 Å². The van der Waals surface area contributed by atoms with Crippen LogP contribution in [0, 0.1) is 0 Å². The Morgan fingerprint density at radius 3 is 2.73 bits per heavy atom. The fourth-order valence-corrected chi connectivity index (χ4v) is 2.78. The van der Waals surface area contributed by atoms with Crippen molar-refractivity contribution in [2.45, 2.75) is 13.0 Å². The number of hydrogen-bond acceptors (Lipinski definition) is 3. The zero-order valence-corrected chi connectivity index (χ0v) is 13.1.